The van der Waals surface area contributed by atoms with Gasteiger partial charge in [0, 0.05) is 69.8 Å². The summed E-state index contributed by atoms with van der Waals surface area (Å²) in [5, 5.41) is 0. The zero-order valence-electron chi connectivity index (χ0n) is 22.6. The quantitative estimate of drug-likeness (QED) is 0.386. The molecule has 0 spiro atoms. The highest BCUT2D eigenvalue weighted by atomic mass is 19.1. The summed E-state index contributed by atoms with van der Waals surface area (Å²) in [6.45, 7) is 5.78. The van der Waals surface area contributed by atoms with Crippen molar-refractivity contribution in [1.82, 2.24) is 14.8 Å². The molecule has 2 aliphatic rings. The monoisotopic (exact) mass is 532 g/mol. The van der Waals surface area contributed by atoms with E-state index in [-0.39, 0.29) is 17.8 Å². The standard InChI is InChI=1S/C31H37FN4O3/c1-38-29-12-7-24(23-34-16-18-35(19-17-34)27-10-8-26(32)9-11-27)21-30(29)39-20-13-28-6-2-3-15-36(28)31(37)25-5-4-14-33-22-25/h4-5,7-12,14,21-22,28H,2-3,6,13,15-20,23H2,1H3/t28-/m1/s1. The maximum absolute atomic E-state index is 13.3. The molecule has 3 heterocycles. The maximum Gasteiger partial charge on any atom is 0.255 e. The molecule has 0 N–H and O–H groups in total. The second kappa shape index (κ2) is 12.9. The Morgan fingerprint density at radius 1 is 1.00 bits per heavy atom. The average Bonchev–Trinajstić information content (AvgIpc) is 2.98. The SMILES string of the molecule is COc1ccc(CN2CCN(c3ccc(F)cc3)CC2)cc1OCC[C@H]1CCCCN1C(=O)c1cccnc1. The first-order chi connectivity index (χ1) is 19.1. The van der Waals surface area contributed by atoms with E-state index < -0.39 is 0 Å². The molecule has 0 unspecified atom stereocenters. The zero-order chi connectivity index (χ0) is 27.0. The number of ether oxygens (including phenoxy) is 2. The largest absolute Gasteiger partial charge is 0.493 e. The van der Waals surface area contributed by atoms with E-state index in [2.05, 4.69) is 26.9 Å². The fraction of sp³-hybridized carbons (Fsp3) is 0.419. The molecule has 1 atom stereocenters. The van der Waals surface area contributed by atoms with Gasteiger partial charge in [0.25, 0.3) is 5.91 Å². The molecule has 0 aliphatic carbocycles. The van der Waals surface area contributed by atoms with Gasteiger partial charge in [0.15, 0.2) is 11.5 Å². The van der Waals surface area contributed by atoms with E-state index in [1.807, 2.05) is 29.2 Å². The molecule has 7 nitrogen and oxygen atoms in total. The average molecular weight is 533 g/mol. The first-order valence-corrected chi connectivity index (χ1v) is 13.8. The number of hydrogen-bond acceptors (Lipinski definition) is 6. The van der Waals surface area contributed by atoms with Crippen molar-refractivity contribution in [3.63, 3.8) is 0 Å². The Hall–Kier alpha value is -3.65. The van der Waals surface area contributed by atoms with E-state index in [4.69, 9.17) is 9.47 Å². The summed E-state index contributed by atoms with van der Waals surface area (Å²) in [5.41, 5.74) is 2.88. The van der Waals surface area contributed by atoms with E-state index >= 15 is 0 Å². The minimum atomic E-state index is -0.204. The van der Waals surface area contributed by atoms with Gasteiger partial charge in [-0.25, -0.2) is 4.39 Å². The highest BCUT2D eigenvalue weighted by Crippen LogP contribution is 2.30. The van der Waals surface area contributed by atoms with Crippen molar-refractivity contribution in [1.29, 1.82) is 0 Å². The van der Waals surface area contributed by atoms with Gasteiger partial charge in [0.2, 0.25) is 0 Å². The fourth-order valence-electron chi connectivity index (χ4n) is 5.53. The number of amides is 1. The molecule has 2 saturated heterocycles. The Bertz CT molecular complexity index is 1220. The number of halogens is 1. The van der Waals surface area contributed by atoms with Crippen molar-refractivity contribution in [2.75, 3.05) is 51.3 Å². The van der Waals surface area contributed by atoms with Crippen molar-refractivity contribution >= 4 is 11.6 Å². The lowest BCUT2D eigenvalue weighted by molar-refractivity contribution is 0.0579. The number of carbonyl (C=O) groups is 1. The Morgan fingerprint density at radius 3 is 2.56 bits per heavy atom. The highest BCUT2D eigenvalue weighted by Gasteiger charge is 2.27. The molecule has 2 aromatic carbocycles. The Kier molecular flexibility index (Phi) is 8.93. The van der Waals surface area contributed by atoms with E-state index in [0.717, 1.165) is 76.4 Å². The predicted octanol–water partition coefficient (Wildman–Crippen LogP) is 5.02. The number of rotatable bonds is 9. The van der Waals surface area contributed by atoms with Gasteiger partial charge in [0.05, 0.1) is 19.3 Å². The molecular weight excluding hydrogens is 495 g/mol. The summed E-state index contributed by atoms with van der Waals surface area (Å²) >= 11 is 0. The Morgan fingerprint density at radius 2 is 1.82 bits per heavy atom. The van der Waals surface area contributed by atoms with Crippen LogP contribution >= 0.6 is 0 Å². The number of hydrogen-bond donors (Lipinski definition) is 0. The Balaban J connectivity index is 1.15. The van der Waals surface area contributed by atoms with E-state index in [0.29, 0.717) is 17.9 Å². The van der Waals surface area contributed by atoms with Gasteiger partial charge in [-0.2, -0.15) is 0 Å². The minimum absolute atomic E-state index is 0.0481. The number of carbonyl (C=O) groups excluding carboxylic acids is 1. The number of anilines is 1. The van der Waals surface area contributed by atoms with Crippen LogP contribution in [-0.2, 0) is 6.54 Å². The van der Waals surface area contributed by atoms with E-state index in [1.165, 1.54) is 17.7 Å². The van der Waals surface area contributed by atoms with Crippen molar-refractivity contribution in [3.8, 4) is 11.5 Å². The summed E-state index contributed by atoms with van der Waals surface area (Å²) in [6, 6.07) is 16.7. The normalized spacial score (nSPS) is 18.2. The third-order valence-corrected chi connectivity index (χ3v) is 7.70. The number of piperazine rings is 1. The van der Waals surface area contributed by atoms with Crippen molar-refractivity contribution < 1.29 is 18.7 Å². The molecule has 1 aromatic heterocycles. The van der Waals surface area contributed by atoms with Gasteiger partial charge in [-0.15, -0.1) is 0 Å². The minimum Gasteiger partial charge on any atom is -0.493 e. The van der Waals surface area contributed by atoms with Crippen LogP contribution in [0.4, 0.5) is 10.1 Å². The van der Waals surface area contributed by atoms with Crippen LogP contribution < -0.4 is 14.4 Å². The van der Waals surface area contributed by atoms with Crippen LogP contribution in [0.15, 0.2) is 67.0 Å². The molecule has 0 radical (unpaired) electrons. The molecule has 8 heteroatoms. The number of methoxy groups -OCH3 is 1. The topological polar surface area (TPSA) is 58.1 Å². The number of likely N-dealkylation sites (tertiary alicyclic amines) is 1. The summed E-state index contributed by atoms with van der Waals surface area (Å²) < 4.78 is 25.1. The van der Waals surface area contributed by atoms with Crippen molar-refractivity contribution in [2.45, 2.75) is 38.3 Å². The van der Waals surface area contributed by atoms with E-state index in [1.54, 1.807) is 25.6 Å². The second-order valence-corrected chi connectivity index (χ2v) is 10.3. The number of pyridine rings is 1. The smallest absolute Gasteiger partial charge is 0.255 e. The van der Waals surface area contributed by atoms with Crippen LogP contribution in [-0.4, -0.2) is 73.2 Å². The maximum atomic E-state index is 13.3. The van der Waals surface area contributed by atoms with Crippen LogP contribution in [0.5, 0.6) is 11.5 Å². The van der Waals surface area contributed by atoms with Crippen LogP contribution in [0.1, 0.15) is 41.6 Å². The van der Waals surface area contributed by atoms with Crippen LogP contribution in [0, 0.1) is 5.82 Å². The third kappa shape index (κ3) is 6.87. The third-order valence-electron chi connectivity index (χ3n) is 7.70. The summed E-state index contributed by atoms with van der Waals surface area (Å²) in [4.78, 5) is 23.9. The molecule has 1 amide bonds. The van der Waals surface area contributed by atoms with Crippen molar-refractivity contribution in [3.05, 3.63) is 83.9 Å². The number of nitrogens with zero attached hydrogens (tertiary/aromatic N) is 4. The second-order valence-electron chi connectivity index (χ2n) is 10.3. The molecule has 2 fully saturated rings. The molecule has 5 rings (SSSR count). The van der Waals surface area contributed by atoms with Crippen LogP contribution in [0.3, 0.4) is 0 Å². The summed E-state index contributed by atoms with van der Waals surface area (Å²) in [5.74, 6) is 1.30. The molecule has 206 valence electrons. The van der Waals surface area contributed by atoms with Crippen LogP contribution in [0.2, 0.25) is 0 Å². The molecule has 0 saturated carbocycles. The van der Waals surface area contributed by atoms with Gasteiger partial charge >= 0.3 is 0 Å². The van der Waals surface area contributed by atoms with Crippen LogP contribution in [0.25, 0.3) is 0 Å². The molecule has 0 bridgehead atoms. The lowest BCUT2D eigenvalue weighted by Gasteiger charge is -2.36. The first kappa shape index (κ1) is 26.9. The number of aromatic nitrogens is 1. The molecule has 2 aliphatic heterocycles. The van der Waals surface area contributed by atoms with Gasteiger partial charge < -0.3 is 19.3 Å². The van der Waals surface area contributed by atoms with Gasteiger partial charge in [-0.3, -0.25) is 14.7 Å². The molecule has 3 aromatic rings. The summed E-state index contributed by atoms with van der Waals surface area (Å²) in [7, 11) is 1.66. The number of piperidine rings is 1. The molecular formula is C31H37FN4O3. The lowest BCUT2D eigenvalue weighted by atomic mass is 9.98. The van der Waals surface area contributed by atoms with Gasteiger partial charge in [0.1, 0.15) is 5.82 Å². The van der Waals surface area contributed by atoms with E-state index in [9.17, 15) is 9.18 Å². The molecule has 39 heavy (non-hydrogen) atoms. The Labute approximate surface area is 230 Å². The highest BCUT2D eigenvalue weighted by molar-refractivity contribution is 5.94. The predicted molar refractivity (Wildman–Crippen MR) is 150 cm³/mol. The number of benzene rings is 2. The zero-order valence-corrected chi connectivity index (χ0v) is 22.6. The van der Waals surface area contributed by atoms with Gasteiger partial charge in [-0.1, -0.05) is 6.07 Å². The first-order valence-electron chi connectivity index (χ1n) is 13.8. The fourth-order valence-corrected chi connectivity index (χ4v) is 5.53. The lowest BCUT2D eigenvalue weighted by Crippen LogP contribution is -2.45. The summed E-state index contributed by atoms with van der Waals surface area (Å²) in [6.07, 6.45) is 7.23. The van der Waals surface area contributed by atoms with Crippen molar-refractivity contribution in [2.24, 2.45) is 0 Å². The van der Waals surface area contributed by atoms with Gasteiger partial charge in [-0.05, 0) is 73.4 Å².